The van der Waals surface area contributed by atoms with Crippen LogP contribution in [0.3, 0.4) is 0 Å². The Balaban J connectivity index is 2.39. The first-order valence-electron chi connectivity index (χ1n) is 8.01. The van der Waals surface area contributed by atoms with E-state index in [1.807, 2.05) is 25.5 Å². The van der Waals surface area contributed by atoms with E-state index >= 15 is 0 Å². The third kappa shape index (κ3) is 2.11. The molecule has 22 heavy (non-hydrogen) atoms. The Morgan fingerprint density at radius 1 is 1.32 bits per heavy atom. The van der Waals surface area contributed by atoms with Gasteiger partial charge >= 0.3 is 5.69 Å². The fourth-order valence-corrected chi connectivity index (χ4v) is 3.30. The van der Waals surface area contributed by atoms with E-state index in [1.165, 1.54) is 4.57 Å². The molecule has 120 valence electrons. The lowest BCUT2D eigenvalue weighted by molar-refractivity contribution is 0.477. The Hall–Kier alpha value is -1.89. The van der Waals surface area contributed by atoms with Crippen molar-refractivity contribution in [2.24, 2.45) is 7.05 Å². The first-order valence-corrected chi connectivity index (χ1v) is 8.01. The van der Waals surface area contributed by atoms with Gasteiger partial charge < -0.3 is 9.88 Å². The number of fused-ring (bicyclic) bond motifs is 1. The second-order valence-corrected chi connectivity index (χ2v) is 5.87. The van der Waals surface area contributed by atoms with Gasteiger partial charge in [0.15, 0.2) is 11.2 Å². The van der Waals surface area contributed by atoms with E-state index in [2.05, 4.69) is 10.3 Å². The number of rotatable bonds is 4. The highest BCUT2D eigenvalue weighted by Gasteiger charge is 2.25. The Bertz CT molecular complexity index is 808. The lowest BCUT2D eigenvalue weighted by Gasteiger charge is -2.15. The number of hydrogen-bond acceptors (Lipinski definition) is 4. The van der Waals surface area contributed by atoms with E-state index in [9.17, 15) is 9.59 Å². The van der Waals surface area contributed by atoms with Gasteiger partial charge in [-0.25, -0.2) is 9.78 Å². The molecule has 0 radical (unpaired) electrons. The largest absolute Gasteiger partial charge is 0.333 e. The molecule has 1 N–H and O–H groups in total. The second kappa shape index (κ2) is 5.72. The average Bonchev–Trinajstić information content (AvgIpc) is 3.12. The summed E-state index contributed by atoms with van der Waals surface area (Å²) in [6.07, 6.45) is 2.37. The van der Waals surface area contributed by atoms with Crippen molar-refractivity contribution in [3.8, 4) is 0 Å². The molecular formula is C15H23N5O2. The fraction of sp³-hybridized carbons (Fsp3) is 0.667. The minimum atomic E-state index is -0.228. The number of aryl methyl sites for hydroxylation is 3. The summed E-state index contributed by atoms with van der Waals surface area (Å²) < 4.78 is 4.93. The molecule has 3 rings (SSSR count). The zero-order chi connectivity index (χ0) is 15.9. The second-order valence-electron chi connectivity index (χ2n) is 5.87. The van der Waals surface area contributed by atoms with Gasteiger partial charge in [-0.1, -0.05) is 13.8 Å². The van der Waals surface area contributed by atoms with Gasteiger partial charge in [0.25, 0.3) is 5.56 Å². The third-order valence-corrected chi connectivity index (χ3v) is 4.45. The summed E-state index contributed by atoms with van der Waals surface area (Å²) >= 11 is 0. The standard InChI is InChI=1S/C15H23N5O2/c1-4-8-19-13-12(18(3)11(5-2)17-13)14(21)20(15(19)22)10-6-7-16-9-10/h10,16H,4-9H2,1-3H3. The molecule has 0 saturated carbocycles. The lowest BCUT2D eigenvalue weighted by Crippen LogP contribution is -2.43. The molecular weight excluding hydrogens is 282 g/mol. The van der Waals surface area contributed by atoms with Crippen LogP contribution in [0.1, 0.15) is 38.6 Å². The maximum atomic E-state index is 12.9. The van der Waals surface area contributed by atoms with Crippen LogP contribution in [0, 0.1) is 0 Å². The first kappa shape index (κ1) is 15.0. The molecule has 1 unspecified atom stereocenters. The maximum Gasteiger partial charge on any atom is 0.333 e. The van der Waals surface area contributed by atoms with Crippen molar-refractivity contribution < 1.29 is 0 Å². The monoisotopic (exact) mass is 305 g/mol. The van der Waals surface area contributed by atoms with E-state index < -0.39 is 0 Å². The van der Waals surface area contributed by atoms with E-state index in [1.54, 1.807) is 4.57 Å². The highest BCUT2D eigenvalue weighted by molar-refractivity contribution is 5.71. The molecule has 7 nitrogen and oxygen atoms in total. The minimum absolute atomic E-state index is 0.0625. The SMILES string of the molecule is CCCn1c(=O)n(C2CCNC2)c(=O)c2c1nc(CC)n2C. The predicted molar refractivity (Wildman–Crippen MR) is 85.4 cm³/mol. The van der Waals surface area contributed by atoms with Crippen molar-refractivity contribution in [3.05, 3.63) is 26.7 Å². The van der Waals surface area contributed by atoms with Crippen molar-refractivity contribution >= 4 is 11.2 Å². The average molecular weight is 305 g/mol. The first-order chi connectivity index (χ1) is 10.6. The van der Waals surface area contributed by atoms with Gasteiger partial charge in [-0.2, -0.15) is 0 Å². The van der Waals surface area contributed by atoms with Gasteiger partial charge in [-0.05, 0) is 19.4 Å². The molecule has 1 saturated heterocycles. The molecule has 0 spiro atoms. The van der Waals surface area contributed by atoms with Crippen LogP contribution in [-0.2, 0) is 20.0 Å². The smallest absolute Gasteiger partial charge is 0.325 e. The molecule has 1 aliphatic heterocycles. The van der Waals surface area contributed by atoms with Crippen LogP contribution in [0.4, 0.5) is 0 Å². The zero-order valence-electron chi connectivity index (χ0n) is 13.4. The number of imidazole rings is 1. The zero-order valence-corrected chi connectivity index (χ0v) is 13.4. The van der Waals surface area contributed by atoms with Gasteiger partial charge in [-0.3, -0.25) is 13.9 Å². The maximum absolute atomic E-state index is 12.9. The summed E-state index contributed by atoms with van der Waals surface area (Å²) in [5.41, 5.74) is 0.625. The number of nitrogens with zero attached hydrogens (tertiary/aromatic N) is 4. The summed E-state index contributed by atoms with van der Waals surface area (Å²) in [6, 6.07) is -0.0625. The normalized spacial score (nSPS) is 18.4. The van der Waals surface area contributed by atoms with Crippen LogP contribution < -0.4 is 16.6 Å². The van der Waals surface area contributed by atoms with Crippen LogP contribution in [-0.4, -0.2) is 31.8 Å². The topological polar surface area (TPSA) is 73.8 Å². The van der Waals surface area contributed by atoms with Gasteiger partial charge in [0.05, 0.1) is 6.04 Å². The molecule has 0 aromatic carbocycles. The van der Waals surface area contributed by atoms with Crippen LogP contribution >= 0.6 is 0 Å². The van der Waals surface area contributed by atoms with Gasteiger partial charge in [0.1, 0.15) is 5.82 Å². The van der Waals surface area contributed by atoms with Crippen LogP contribution in [0.5, 0.6) is 0 Å². The van der Waals surface area contributed by atoms with E-state index in [0.717, 1.165) is 31.6 Å². The van der Waals surface area contributed by atoms with Crippen molar-refractivity contribution in [3.63, 3.8) is 0 Å². The minimum Gasteiger partial charge on any atom is -0.325 e. The Morgan fingerprint density at radius 2 is 2.09 bits per heavy atom. The lowest BCUT2D eigenvalue weighted by atomic mass is 10.2. The highest BCUT2D eigenvalue weighted by Crippen LogP contribution is 2.15. The molecule has 0 aliphatic carbocycles. The van der Waals surface area contributed by atoms with E-state index in [-0.39, 0.29) is 17.3 Å². The quantitative estimate of drug-likeness (QED) is 0.887. The molecule has 2 aromatic heterocycles. The fourth-order valence-electron chi connectivity index (χ4n) is 3.30. The summed E-state index contributed by atoms with van der Waals surface area (Å²) in [5, 5.41) is 3.23. The number of aromatic nitrogens is 4. The summed E-state index contributed by atoms with van der Waals surface area (Å²) in [7, 11) is 1.85. The predicted octanol–water partition coefficient (Wildman–Crippen LogP) is 0.403. The molecule has 7 heteroatoms. The van der Waals surface area contributed by atoms with Crippen molar-refractivity contribution in [1.29, 1.82) is 0 Å². The van der Waals surface area contributed by atoms with Gasteiger partial charge in [0, 0.05) is 26.6 Å². The van der Waals surface area contributed by atoms with Gasteiger partial charge in [0.2, 0.25) is 0 Å². The van der Waals surface area contributed by atoms with E-state index in [0.29, 0.717) is 24.3 Å². The third-order valence-electron chi connectivity index (χ3n) is 4.45. The van der Waals surface area contributed by atoms with Crippen molar-refractivity contribution in [1.82, 2.24) is 24.0 Å². The van der Waals surface area contributed by atoms with Gasteiger partial charge in [-0.15, -0.1) is 0 Å². The number of hydrogen-bond donors (Lipinski definition) is 1. The Labute approximate surface area is 128 Å². The van der Waals surface area contributed by atoms with Crippen LogP contribution in [0.15, 0.2) is 9.59 Å². The summed E-state index contributed by atoms with van der Waals surface area (Å²) in [6.45, 7) is 6.12. The molecule has 2 aromatic rings. The van der Waals surface area contributed by atoms with Crippen molar-refractivity contribution in [2.45, 2.75) is 45.7 Å². The molecule has 0 amide bonds. The Kier molecular flexibility index (Phi) is 3.90. The van der Waals surface area contributed by atoms with Crippen molar-refractivity contribution in [2.75, 3.05) is 13.1 Å². The molecule has 1 aliphatic rings. The molecule has 1 fully saturated rings. The van der Waals surface area contributed by atoms with Crippen LogP contribution in [0.25, 0.3) is 11.2 Å². The summed E-state index contributed by atoms with van der Waals surface area (Å²) in [5.74, 6) is 0.832. The van der Waals surface area contributed by atoms with Crippen LogP contribution in [0.2, 0.25) is 0 Å². The summed E-state index contributed by atoms with van der Waals surface area (Å²) in [4.78, 5) is 30.3. The molecule has 3 heterocycles. The highest BCUT2D eigenvalue weighted by atomic mass is 16.2. The molecule has 1 atom stereocenters. The van der Waals surface area contributed by atoms with E-state index in [4.69, 9.17) is 0 Å². The Morgan fingerprint density at radius 3 is 2.68 bits per heavy atom. The molecule has 0 bridgehead atoms. The number of nitrogens with one attached hydrogen (secondary N) is 1.